The molecule has 0 N–H and O–H groups in total. The van der Waals surface area contributed by atoms with E-state index in [0.29, 0.717) is 17.0 Å². The number of ketones is 1. The van der Waals surface area contributed by atoms with Crippen LogP contribution in [0.15, 0.2) is 18.2 Å². The molecule has 1 fully saturated rings. The van der Waals surface area contributed by atoms with Gasteiger partial charge in [0, 0.05) is 18.7 Å². The maximum atomic E-state index is 12.6. The van der Waals surface area contributed by atoms with E-state index in [-0.39, 0.29) is 30.7 Å². The lowest BCUT2D eigenvalue weighted by Gasteiger charge is -2.31. The molecule has 24 heavy (non-hydrogen) atoms. The zero-order chi connectivity index (χ0) is 17.1. The zero-order valence-corrected chi connectivity index (χ0v) is 13.9. The van der Waals surface area contributed by atoms with E-state index < -0.39 is 0 Å². The van der Waals surface area contributed by atoms with Crippen LogP contribution in [0.4, 0.5) is 5.69 Å². The first-order valence-electron chi connectivity index (χ1n) is 8.42. The third-order valence-corrected chi connectivity index (χ3v) is 4.56. The number of carbonyl (C=O) groups is 3. The van der Waals surface area contributed by atoms with Gasteiger partial charge in [-0.05, 0) is 38.0 Å². The average Bonchev–Trinajstić information content (AvgIpc) is 2.86. The average molecular weight is 330 g/mol. The third kappa shape index (κ3) is 3.42. The molecule has 0 atom stereocenters. The maximum absolute atomic E-state index is 12.6. The Morgan fingerprint density at radius 2 is 1.83 bits per heavy atom. The van der Waals surface area contributed by atoms with Crippen molar-refractivity contribution in [1.29, 1.82) is 0 Å². The largest absolute Gasteiger partial charge is 0.482 e. The normalized spacial score (nSPS) is 17.8. The number of nitrogens with zero attached hydrogens (tertiary/aromatic N) is 2. The number of rotatable bonds is 3. The predicted octanol–water partition coefficient (Wildman–Crippen LogP) is 2.02. The summed E-state index contributed by atoms with van der Waals surface area (Å²) >= 11 is 0. The molecular formula is C18H22N2O4. The molecule has 0 radical (unpaired) electrons. The van der Waals surface area contributed by atoms with Crippen LogP contribution in [-0.4, -0.2) is 48.7 Å². The van der Waals surface area contributed by atoms with Crippen molar-refractivity contribution in [2.45, 2.75) is 32.6 Å². The van der Waals surface area contributed by atoms with Crippen LogP contribution in [0.2, 0.25) is 0 Å². The van der Waals surface area contributed by atoms with Gasteiger partial charge >= 0.3 is 0 Å². The minimum absolute atomic E-state index is 0.00342. The number of fused-ring (bicyclic) bond motifs is 1. The molecule has 2 aliphatic rings. The van der Waals surface area contributed by atoms with Gasteiger partial charge in [-0.25, -0.2) is 0 Å². The molecule has 0 aromatic heterocycles. The van der Waals surface area contributed by atoms with Crippen molar-refractivity contribution in [1.82, 2.24) is 4.90 Å². The number of carbonyl (C=O) groups excluding carboxylic acids is 3. The Hall–Kier alpha value is -2.37. The van der Waals surface area contributed by atoms with E-state index in [9.17, 15) is 14.4 Å². The number of hydrogen-bond acceptors (Lipinski definition) is 4. The van der Waals surface area contributed by atoms with Crippen LogP contribution in [0.1, 0.15) is 43.0 Å². The fourth-order valence-corrected chi connectivity index (χ4v) is 3.15. The molecule has 1 aromatic carbocycles. The Morgan fingerprint density at radius 3 is 2.50 bits per heavy atom. The van der Waals surface area contributed by atoms with Crippen LogP contribution in [-0.2, 0) is 9.59 Å². The van der Waals surface area contributed by atoms with E-state index in [1.54, 1.807) is 18.2 Å². The second-order valence-corrected chi connectivity index (χ2v) is 6.30. The summed E-state index contributed by atoms with van der Waals surface area (Å²) in [4.78, 5) is 39.8. The standard InChI is InChI=1S/C18H22N2O4/c1-13(21)14-6-7-16-15(10-14)20(18(23)12-24-16)11-17(22)19-8-4-2-3-5-9-19/h6-7,10H,2-5,8-9,11-12H2,1H3. The van der Waals surface area contributed by atoms with Crippen molar-refractivity contribution < 1.29 is 19.1 Å². The van der Waals surface area contributed by atoms with E-state index in [4.69, 9.17) is 4.74 Å². The van der Waals surface area contributed by atoms with E-state index in [2.05, 4.69) is 0 Å². The van der Waals surface area contributed by atoms with Crippen molar-refractivity contribution >= 4 is 23.3 Å². The lowest BCUT2D eigenvalue weighted by molar-refractivity contribution is -0.132. The molecule has 6 heteroatoms. The quantitative estimate of drug-likeness (QED) is 0.795. The number of Topliss-reactive ketones (excluding diaryl/α,β-unsaturated/α-hetero) is 1. The van der Waals surface area contributed by atoms with Crippen LogP contribution in [0.3, 0.4) is 0 Å². The number of anilines is 1. The van der Waals surface area contributed by atoms with Gasteiger partial charge in [0.05, 0.1) is 5.69 Å². The fraction of sp³-hybridized carbons (Fsp3) is 0.500. The van der Waals surface area contributed by atoms with Gasteiger partial charge in [0.2, 0.25) is 5.91 Å². The highest BCUT2D eigenvalue weighted by Crippen LogP contribution is 2.33. The SMILES string of the molecule is CC(=O)c1ccc2c(c1)N(CC(=O)N1CCCCCC1)C(=O)CO2. The van der Waals surface area contributed by atoms with Gasteiger partial charge in [0.25, 0.3) is 5.91 Å². The number of benzene rings is 1. The minimum Gasteiger partial charge on any atom is -0.482 e. The molecule has 3 rings (SSSR count). The van der Waals surface area contributed by atoms with Crippen molar-refractivity contribution in [2.24, 2.45) is 0 Å². The van der Waals surface area contributed by atoms with E-state index in [1.807, 2.05) is 4.90 Å². The van der Waals surface area contributed by atoms with Crippen molar-refractivity contribution in [3.63, 3.8) is 0 Å². The van der Waals surface area contributed by atoms with E-state index >= 15 is 0 Å². The molecule has 2 heterocycles. The van der Waals surface area contributed by atoms with Gasteiger partial charge in [-0.1, -0.05) is 12.8 Å². The van der Waals surface area contributed by atoms with Gasteiger partial charge < -0.3 is 9.64 Å². The first kappa shape index (κ1) is 16.5. The molecule has 0 unspecified atom stereocenters. The molecule has 1 aromatic rings. The summed E-state index contributed by atoms with van der Waals surface area (Å²) in [5.41, 5.74) is 1.00. The second kappa shape index (κ2) is 7.03. The second-order valence-electron chi connectivity index (χ2n) is 6.30. The van der Waals surface area contributed by atoms with Crippen LogP contribution in [0, 0.1) is 0 Å². The van der Waals surface area contributed by atoms with Crippen LogP contribution in [0.25, 0.3) is 0 Å². The number of likely N-dealkylation sites (tertiary alicyclic amines) is 1. The summed E-state index contributed by atoms with van der Waals surface area (Å²) in [7, 11) is 0. The number of amides is 2. The fourth-order valence-electron chi connectivity index (χ4n) is 3.15. The molecule has 0 spiro atoms. The van der Waals surface area contributed by atoms with Gasteiger partial charge in [0.1, 0.15) is 12.3 Å². The third-order valence-electron chi connectivity index (χ3n) is 4.56. The Labute approximate surface area is 141 Å². The molecule has 6 nitrogen and oxygen atoms in total. The maximum Gasteiger partial charge on any atom is 0.265 e. The molecular weight excluding hydrogens is 308 g/mol. The van der Waals surface area contributed by atoms with Crippen LogP contribution >= 0.6 is 0 Å². The molecule has 0 aliphatic carbocycles. The van der Waals surface area contributed by atoms with Crippen LogP contribution < -0.4 is 9.64 Å². The minimum atomic E-state index is -0.258. The zero-order valence-electron chi connectivity index (χ0n) is 13.9. The Kier molecular flexibility index (Phi) is 4.83. The van der Waals surface area contributed by atoms with Gasteiger partial charge in [-0.2, -0.15) is 0 Å². The van der Waals surface area contributed by atoms with E-state index in [0.717, 1.165) is 38.8 Å². The molecule has 2 amide bonds. The summed E-state index contributed by atoms with van der Waals surface area (Å²) in [5, 5.41) is 0. The van der Waals surface area contributed by atoms with Crippen molar-refractivity contribution in [2.75, 3.05) is 31.1 Å². The lowest BCUT2D eigenvalue weighted by atomic mass is 10.1. The smallest absolute Gasteiger partial charge is 0.265 e. The first-order chi connectivity index (χ1) is 11.6. The topological polar surface area (TPSA) is 66.9 Å². The number of ether oxygens (including phenoxy) is 1. The Bertz CT molecular complexity index is 663. The van der Waals surface area contributed by atoms with Gasteiger partial charge in [-0.15, -0.1) is 0 Å². The molecule has 128 valence electrons. The summed E-state index contributed by atoms with van der Waals surface area (Å²) in [5.74, 6) is 0.135. The predicted molar refractivity (Wildman–Crippen MR) is 89.3 cm³/mol. The van der Waals surface area contributed by atoms with Crippen LogP contribution in [0.5, 0.6) is 5.75 Å². The Morgan fingerprint density at radius 1 is 1.12 bits per heavy atom. The highest BCUT2D eigenvalue weighted by atomic mass is 16.5. The Balaban J connectivity index is 1.82. The molecule has 2 aliphatic heterocycles. The van der Waals surface area contributed by atoms with Gasteiger partial charge in [0.15, 0.2) is 12.4 Å². The molecule has 0 bridgehead atoms. The monoisotopic (exact) mass is 330 g/mol. The van der Waals surface area contributed by atoms with E-state index in [1.165, 1.54) is 11.8 Å². The van der Waals surface area contributed by atoms with Gasteiger partial charge in [-0.3, -0.25) is 19.3 Å². The van der Waals surface area contributed by atoms with Crippen molar-refractivity contribution in [3.8, 4) is 5.75 Å². The molecule has 0 saturated carbocycles. The molecule has 1 saturated heterocycles. The summed E-state index contributed by atoms with van der Waals surface area (Å²) < 4.78 is 5.42. The lowest BCUT2D eigenvalue weighted by Crippen LogP contribution is -2.46. The highest BCUT2D eigenvalue weighted by Gasteiger charge is 2.29. The summed E-state index contributed by atoms with van der Waals surface area (Å²) in [6.07, 6.45) is 4.30. The van der Waals surface area contributed by atoms with Crippen molar-refractivity contribution in [3.05, 3.63) is 23.8 Å². The summed E-state index contributed by atoms with van der Waals surface area (Å²) in [6.45, 7) is 2.88. The summed E-state index contributed by atoms with van der Waals surface area (Å²) in [6, 6.07) is 4.98. The number of hydrogen-bond donors (Lipinski definition) is 0. The highest BCUT2D eigenvalue weighted by molar-refractivity contribution is 6.04. The first-order valence-corrected chi connectivity index (χ1v) is 8.42.